The number of rotatable bonds is 12. The first-order valence-corrected chi connectivity index (χ1v) is 16.8. The lowest BCUT2D eigenvalue weighted by Crippen LogP contribution is -2.29. The lowest BCUT2D eigenvalue weighted by molar-refractivity contribution is -0.436. The van der Waals surface area contributed by atoms with Crippen LogP contribution < -0.4 is 4.90 Å². The molecule has 0 radical (unpaired) electrons. The van der Waals surface area contributed by atoms with Crippen LogP contribution in [0.15, 0.2) is 96.2 Å². The van der Waals surface area contributed by atoms with Gasteiger partial charge in [-0.3, -0.25) is 29.8 Å². The van der Waals surface area contributed by atoms with E-state index in [4.69, 9.17) is 4.74 Å². The first kappa shape index (κ1) is 36.1. The fraction of sp³-hybridized carbons (Fsp3) is 0.250. The van der Waals surface area contributed by atoms with Gasteiger partial charge in [-0.1, -0.05) is 19.9 Å². The molecule has 0 spiro atoms. The topological polar surface area (TPSA) is 180 Å². The van der Waals surface area contributed by atoms with Crippen molar-refractivity contribution in [3.63, 3.8) is 0 Å². The summed E-state index contributed by atoms with van der Waals surface area (Å²) in [4.78, 5) is 47.2. The van der Waals surface area contributed by atoms with Crippen molar-refractivity contribution in [2.75, 3.05) is 24.6 Å². The Kier molecular flexibility index (Phi) is 9.40. The largest absolute Gasteiger partial charge is 0.481 e. The Morgan fingerprint density at radius 1 is 0.943 bits per heavy atom. The second-order valence-corrected chi connectivity index (χ2v) is 13.9. The van der Waals surface area contributed by atoms with E-state index in [1.807, 2.05) is 67.5 Å². The molecule has 13 nitrogen and oxygen atoms in total. The predicted molar refractivity (Wildman–Crippen MR) is 200 cm³/mol. The van der Waals surface area contributed by atoms with Gasteiger partial charge in [-0.25, -0.2) is 0 Å². The number of nitro benzene ring substituents is 2. The zero-order chi connectivity index (χ0) is 38.2. The van der Waals surface area contributed by atoms with Crippen molar-refractivity contribution in [1.29, 1.82) is 5.26 Å². The average Bonchev–Trinajstić information content (AvgIpc) is 3.48. The monoisotopic (exact) mass is 714 g/mol. The SMILES string of the molecule is CC1(C)C(/C=C/C(C#N)=C/C=C2/N(CCOC=O)c3ccc4ccc([N+](=O)[O-])cc4c3C2(C)C)=[N+](CCC(=O)O)c2ccc3ccc([N+](=O)[O-])cc3c21. The number of fused-ring (bicyclic) bond motifs is 6. The molecule has 0 aliphatic carbocycles. The van der Waals surface area contributed by atoms with E-state index in [1.54, 1.807) is 42.5 Å². The van der Waals surface area contributed by atoms with Crippen LogP contribution in [0.1, 0.15) is 45.2 Å². The standard InChI is InChI=1S/C40H35N5O8/c1-39(2)34(42(18-17-36(47)48)32-13-9-26-7-11-28(44(49)50)21-30(26)37(32)39)15-5-25(23-41)6-16-35-40(3,4)38-31-22-29(45(51)52)12-8-27(31)10-14-33(38)43(35)19-20-53-24-46/h5-16,21-22,24H,17-20H2,1-4H3/p+1. The first-order valence-electron chi connectivity index (χ1n) is 16.8. The maximum atomic E-state index is 11.7. The van der Waals surface area contributed by atoms with Gasteiger partial charge in [-0.2, -0.15) is 9.84 Å². The molecule has 0 fully saturated rings. The molecular weight excluding hydrogens is 678 g/mol. The molecule has 268 valence electrons. The number of carboxylic acid groups (broad SMARTS) is 1. The molecule has 0 amide bonds. The number of ether oxygens (including phenoxy) is 1. The Morgan fingerprint density at radius 2 is 1.55 bits per heavy atom. The minimum absolute atomic E-state index is 0.0372. The van der Waals surface area contributed by atoms with Gasteiger partial charge in [0.05, 0.1) is 33.4 Å². The van der Waals surface area contributed by atoms with Crippen LogP contribution in [0.4, 0.5) is 22.7 Å². The Hall–Kier alpha value is -6.68. The third-order valence-electron chi connectivity index (χ3n) is 10.1. The van der Waals surface area contributed by atoms with Gasteiger partial charge in [-0.05, 0) is 83.4 Å². The quantitative estimate of drug-likeness (QED) is 0.0293. The fourth-order valence-corrected chi connectivity index (χ4v) is 7.72. The smallest absolute Gasteiger partial charge is 0.309 e. The Balaban J connectivity index is 1.45. The summed E-state index contributed by atoms with van der Waals surface area (Å²) in [7, 11) is 0. The van der Waals surface area contributed by atoms with Gasteiger partial charge in [0, 0.05) is 58.8 Å². The van der Waals surface area contributed by atoms with E-state index in [-0.39, 0.29) is 36.5 Å². The molecule has 4 aromatic carbocycles. The highest BCUT2D eigenvalue weighted by molar-refractivity contribution is 6.08. The number of carbonyl (C=O) groups is 2. The van der Waals surface area contributed by atoms with Crippen molar-refractivity contribution < 1.29 is 33.9 Å². The Morgan fingerprint density at radius 3 is 2.13 bits per heavy atom. The molecule has 2 aliphatic rings. The van der Waals surface area contributed by atoms with Gasteiger partial charge >= 0.3 is 5.97 Å². The third kappa shape index (κ3) is 6.40. The van der Waals surface area contributed by atoms with Crippen LogP contribution in [-0.2, 0) is 25.2 Å². The summed E-state index contributed by atoms with van der Waals surface area (Å²) >= 11 is 0. The van der Waals surface area contributed by atoms with Crippen molar-refractivity contribution in [3.05, 3.63) is 128 Å². The predicted octanol–water partition coefficient (Wildman–Crippen LogP) is 7.52. The van der Waals surface area contributed by atoms with E-state index in [9.17, 15) is 40.2 Å². The van der Waals surface area contributed by atoms with E-state index in [0.717, 1.165) is 50.1 Å². The lowest BCUT2D eigenvalue weighted by atomic mass is 9.79. The number of aliphatic carboxylic acids is 1. The number of nitrogens with zero attached hydrogens (tertiary/aromatic N) is 5. The summed E-state index contributed by atoms with van der Waals surface area (Å²) in [6, 6.07) is 19.3. The molecule has 0 unspecified atom stereocenters. The van der Waals surface area contributed by atoms with Crippen molar-refractivity contribution in [2.45, 2.75) is 44.9 Å². The molecule has 53 heavy (non-hydrogen) atoms. The van der Waals surface area contributed by atoms with Crippen molar-refractivity contribution >= 4 is 62.4 Å². The molecule has 2 aliphatic heterocycles. The second kappa shape index (κ2) is 13.8. The number of anilines is 1. The molecule has 13 heteroatoms. The molecule has 2 heterocycles. The van der Waals surface area contributed by atoms with Crippen LogP contribution in [0.5, 0.6) is 0 Å². The number of nitriles is 1. The van der Waals surface area contributed by atoms with Gasteiger partial charge in [0.25, 0.3) is 17.8 Å². The van der Waals surface area contributed by atoms with Crippen LogP contribution in [0.2, 0.25) is 0 Å². The van der Waals surface area contributed by atoms with E-state index < -0.39 is 26.6 Å². The summed E-state index contributed by atoms with van der Waals surface area (Å²) in [6.45, 7) is 8.81. The molecule has 0 atom stereocenters. The number of carboxylic acids is 1. The van der Waals surface area contributed by atoms with Crippen molar-refractivity contribution in [3.8, 4) is 6.07 Å². The highest BCUT2D eigenvalue weighted by atomic mass is 16.6. The van der Waals surface area contributed by atoms with E-state index in [2.05, 4.69) is 6.07 Å². The minimum Gasteiger partial charge on any atom is -0.481 e. The molecule has 0 saturated carbocycles. The highest BCUT2D eigenvalue weighted by Gasteiger charge is 2.46. The average molecular weight is 715 g/mol. The summed E-state index contributed by atoms with van der Waals surface area (Å²) < 4.78 is 6.94. The summed E-state index contributed by atoms with van der Waals surface area (Å²) in [5, 5.41) is 46.3. The second-order valence-electron chi connectivity index (χ2n) is 13.9. The van der Waals surface area contributed by atoms with Crippen LogP contribution in [0.3, 0.4) is 0 Å². The minimum atomic E-state index is -0.981. The zero-order valence-corrected chi connectivity index (χ0v) is 29.5. The van der Waals surface area contributed by atoms with Crippen molar-refractivity contribution in [1.82, 2.24) is 0 Å². The summed E-state index contributed by atoms with van der Waals surface area (Å²) in [5.74, 6) is -0.981. The van der Waals surface area contributed by atoms with Gasteiger partial charge in [0.15, 0.2) is 12.3 Å². The van der Waals surface area contributed by atoms with Crippen LogP contribution >= 0.6 is 0 Å². The van der Waals surface area contributed by atoms with Crippen molar-refractivity contribution in [2.24, 2.45) is 0 Å². The number of hydrogen-bond acceptors (Lipinski definition) is 9. The third-order valence-corrected chi connectivity index (χ3v) is 10.1. The first-order chi connectivity index (χ1) is 25.2. The maximum absolute atomic E-state index is 11.7. The number of non-ortho nitro benzene ring substituents is 2. The number of benzene rings is 4. The lowest BCUT2D eigenvalue weighted by Gasteiger charge is -2.26. The molecule has 6 rings (SSSR count). The number of nitro groups is 2. The zero-order valence-electron chi connectivity index (χ0n) is 29.5. The molecule has 0 saturated heterocycles. The van der Waals surface area contributed by atoms with Crippen LogP contribution in [-0.4, -0.2) is 57.4 Å². The molecule has 0 bridgehead atoms. The normalized spacial score (nSPS) is 16.6. The van der Waals surface area contributed by atoms with Gasteiger partial charge in [-0.15, -0.1) is 0 Å². The van der Waals surface area contributed by atoms with Gasteiger partial charge in [0.1, 0.15) is 13.0 Å². The molecule has 1 N–H and O–H groups in total. The Bertz CT molecular complexity index is 2420. The molecular formula is C40H36N5O8+. The van der Waals surface area contributed by atoms with Crippen LogP contribution in [0.25, 0.3) is 21.5 Å². The number of allylic oxidation sites excluding steroid dienone is 6. The molecule has 0 aromatic heterocycles. The van der Waals surface area contributed by atoms with Gasteiger partial charge < -0.3 is 14.7 Å². The van der Waals surface area contributed by atoms with E-state index in [1.165, 1.54) is 12.1 Å². The number of carbonyl (C=O) groups excluding carboxylic acids is 1. The van der Waals surface area contributed by atoms with Gasteiger partial charge in [0.2, 0.25) is 5.69 Å². The Labute approximate surface area is 304 Å². The summed E-state index contributed by atoms with van der Waals surface area (Å²) in [5.41, 5.74) is 3.49. The van der Waals surface area contributed by atoms with E-state index >= 15 is 0 Å². The molecule has 4 aromatic rings. The van der Waals surface area contributed by atoms with Crippen LogP contribution in [0, 0.1) is 31.6 Å². The highest BCUT2D eigenvalue weighted by Crippen LogP contribution is 2.51. The van der Waals surface area contributed by atoms with E-state index in [0.29, 0.717) is 18.4 Å². The summed E-state index contributed by atoms with van der Waals surface area (Å²) in [6.07, 6.45) is 6.78. The number of hydrogen-bond donors (Lipinski definition) is 1. The fourth-order valence-electron chi connectivity index (χ4n) is 7.72. The maximum Gasteiger partial charge on any atom is 0.309 e.